The molecule has 2 amide bonds. The summed E-state index contributed by atoms with van der Waals surface area (Å²) in [4.78, 5) is 24.9. The fourth-order valence-electron chi connectivity index (χ4n) is 2.75. The second kappa shape index (κ2) is 7.62. The Morgan fingerprint density at radius 2 is 2.00 bits per heavy atom. The molecule has 2 atom stereocenters. The summed E-state index contributed by atoms with van der Waals surface area (Å²) in [5, 5.41) is 11.6. The van der Waals surface area contributed by atoms with Crippen molar-refractivity contribution in [2.24, 2.45) is 11.8 Å². The van der Waals surface area contributed by atoms with Crippen LogP contribution in [0, 0.1) is 11.8 Å². The standard InChI is InChI=1S/C16H19F3N2O4/c1-10-6-11(14(22)23)8-21(7-10)15(24)20-12-4-2-3-5-13(12)25-9-16(17,18)19/h2-5,10-11H,6-9H2,1H3,(H,20,24)(H,22,23). The molecular weight excluding hydrogens is 341 g/mol. The Labute approximate surface area is 142 Å². The zero-order valence-corrected chi connectivity index (χ0v) is 13.5. The minimum atomic E-state index is -4.49. The maximum atomic E-state index is 12.4. The predicted molar refractivity (Wildman–Crippen MR) is 83.5 cm³/mol. The fraction of sp³-hybridized carbons (Fsp3) is 0.500. The maximum absolute atomic E-state index is 12.4. The number of carboxylic acids is 1. The molecule has 1 aliphatic rings. The van der Waals surface area contributed by atoms with Gasteiger partial charge in [0, 0.05) is 13.1 Å². The lowest BCUT2D eigenvalue weighted by atomic mass is 9.91. The first-order valence-corrected chi connectivity index (χ1v) is 7.73. The molecule has 0 spiro atoms. The SMILES string of the molecule is CC1CC(C(=O)O)CN(C(=O)Nc2ccccc2OCC(F)(F)F)C1. The van der Waals surface area contributed by atoms with Crippen LogP contribution in [-0.2, 0) is 4.79 Å². The zero-order valence-electron chi connectivity index (χ0n) is 13.5. The minimum Gasteiger partial charge on any atom is -0.482 e. The summed E-state index contributed by atoms with van der Waals surface area (Å²) in [6, 6.07) is 5.21. The molecule has 1 saturated heterocycles. The number of amides is 2. The third kappa shape index (κ3) is 5.54. The minimum absolute atomic E-state index is 0.0114. The topological polar surface area (TPSA) is 78.9 Å². The van der Waals surface area contributed by atoms with Gasteiger partial charge in [0.05, 0.1) is 11.6 Å². The van der Waals surface area contributed by atoms with Crippen molar-refractivity contribution in [2.45, 2.75) is 19.5 Å². The van der Waals surface area contributed by atoms with Crippen LogP contribution in [0.2, 0.25) is 0 Å². The molecule has 138 valence electrons. The Morgan fingerprint density at radius 3 is 2.64 bits per heavy atom. The van der Waals surface area contributed by atoms with E-state index in [-0.39, 0.29) is 23.9 Å². The highest BCUT2D eigenvalue weighted by Gasteiger charge is 2.32. The van der Waals surface area contributed by atoms with Gasteiger partial charge < -0.3 is 20.1 Å². The number of hydrogen-bond donors (Lipinski definition) is 2. The Bertz CT molecular complexity index is 636. The molecule has 1 aromatic rings. The zero-order chi connectivity index (χ0) is 18.6. The number of rotatable bonds is 4. The maximum Gasteiger partial charge on any atom is 0.422 e. The molecule has 1 fully saturated rings. The van der Waals surface area contributed by atoms with Gasteiger partial charge in [-0.15, -0.1) is 0 Å². The van der Waals surface area contributed by atoms with Crippen LogP contribution in [-0.4, -0.2) is 47.9 Å². The number of halogens is 3. The number of ether oxygens (including phenoxy) is 1. The number of likely N-dealkylation sites (tertiary alicyclic amines) is 1. The van der Waals surface area contributed by atoms with Crippen molar-refractivity contribution in [2.75, 3.05) is 25.0 Å². The van der Waals surface area contributed by atoms with Crippen LogP contribution in [0.25, 0.3) is 0 Å². The molecule has 0 aromatic heterocycles. The first-order valence-electron chi connectivity index (χ1n) is 7.73. The van der Waals surface area contributed by atoms with Gasteiger partial charge in [0.25, 0.3) is 0 Å². The average Bonchev–Trinajstić information content (AvgIpc) is 2.52. The van der Waals surface area contributed by atoms with E-state index in [1.54, 1.807) is 6.07 Å². The number of carbonyl (C=O) groups excluding carboxylic acids is 1. The van der Waals surface area contributed by atoms with Gasteiger partial charge in [-0.1, -0.05) is 19.1 Å². The first kappa shape index (κ1) is 18.9. The van der Waals surface area contributed by atoms with E-state index in [0.29, 0.717) is 13.0 Å². The van der Waals surface area contributed by atoms with E-state index in [0.717, 1.165) is 0 Å². The monoisotopic (exact) mass is 360 g/mol. The van der Waals surface area contributed by atoms with Gasteiger partial charge >= 0.3 is 18.2 Å². The van der Waals surface area contributed by atoms with E-state index < -0.39 is 30.7 Å². The van der Waals surface area contributed by atoms with Crippen molar-refractivity contribution in [3.8, 4) is 5.75 Å². The molecule has 2 rings (SSSR count). The highest BCUT2D eigenvalue weighted by molar-refractivity contribution is 5.91. The average molecular weight is 360 g/mol. The molecule has 6 nitrogen and oxygen atoms in total. The van der Waals surface area contributed by atoms with Gasteiger partial charge in [0.1, 0.15) is 5.75 Å². The molecule has 25 heavy (non-hydrogen) atoms. The molecule has 9 heteroatoms. The number of hydrogen-bond acceptors (Lipinski definition) is 3. The van der Waals surface area contributed by atoms with Crippen molar-refractivity contribution < 1.29 is 32.6 Å². The van der Waals surface area contributed by atoms with Gasteiger partial charge in [-0.25, -0.2) is 4.79 Å². The Balaban J connectivity index is 2.06. The summed E-state index contributed by atoms with van der Waals surface area (Å²) in [6.45, 7) is 0.801. The van der Waals surface area contributed by atoms with Crippen molar-refractivity contribution in [3.63, 3.8) is 0 Å². The third-order valence-corrected chi connectivity index (χ3v) is 3.82. The van der Waals surface area contributed by atoms with Crippen molar-refractivity contribution in [3.05, 3.63) is 24.3 Å². The highest BCUT2D eigenvalue weighted by atomic mass is 19.4. The quantitative estimate of drug-likeness (QED) is 0.864. The third-order valence-electron chi connectivity index (χ3n) is 3.82. The van der Waals surface area contributed by atoms with Crippen LogP contribution in [0.3, 0.4) is 0 Å². The number of piperidine rings is 1. The normalized spacial score (nSPS) is 20.9. The van der Waals surface area contributed by atoms with Crippen molar-refractivity contribution in [1.82, 2.24) is 4.90 Å². The Kier molecular flexibility index (Phi) is 5.76. The number of urea groups is 1. The van der Waals surface area contributed by atoms with Crippen LogP contribution in [0.5, 0.6) is 5.75 Å². The van der Waals surface area contributed by atoms with E-state index in [1.165, 1.54) is 23.1 Å². The number of nitrogens with zero attached hydrogens (tertiary/aromatic N) is 1. The van der Waals surface area contributed by atoms with Crippen LogP contribution >= 0.6 is 0 Å². The molecule has 1 heterocycles. The molecule has 0 bridgehead atoms. The second-order valence-electron chi connectivity index (χ2n) is 6.11. The predicted octanol–water partition coefficient (Wildman–Crippen LogP) is 3.20. The summed E-state index contributed by atoms with van der Waals surface area (Å²) < 4.78 is 41.7. The molecular formula is C16H19F3N2O4. The van der Waals surface area contributed by atoms with Gasteiger partial charge in [-0.3, -0.25) is 4.79 Å². The molecule has 2 unspecified atom stereocenters. The lowest BCUT2D eigenvalue weighted by Crippen LogP contribution is -2.47. The number of carbonyl (C=O) groups is 2. The Morgan fingerprint density at radius 1 is 1.32 bits per heavy atom. The van der Waals surface area contributed by atoms with Crippen molar-refractivity contribution >= 4 is 17.7 Å². The molecule has 0 aliphatic carbocycles. The molecule has 0 saturated carbocycles. The molecule has 0 radical (unpaired) electrons. The summed E-state index contributed by atoms with van der Waals surface area (Å²) >= 11 is 0. The number of para-hydroxylation sites is 2. The summed E-state index contributed by atoms with van der Waals surface area (Å²) in [5.74, 6) is -1.73. The first-order chi connectivity index (χ1) is 11.7. The number of anilines is 1. The fourth-order valence-corrected chi connectivity index (χ4v) is 2.75. The van der Waals surface area contributed by atoms with E-state index in [4.69, 9.17) is 9.84 Å². The van der Waals surface area contributed by atoms with Crippen molar-refractivity contribution in [1.29, 1.82) is 0 Å². The van der Waals surface area contributed by atoms with E-state index >= 15 is 0 Å². The molecule has 1 aliphatic heterocycles. The van der Waals surface area contributed by atoms with Crippen LogP contribution in [0.1, 0.15) is 13.3 Å². The van der Waals surface area contributed by atoms with Crippen LogP contribution < -0.4 is 10.1 Å². The van der Waals surface area contributed by atoms with E-state index in [2.05, 4.69) is 5.32 Å². The van der Waals surface area contributed by atoms with Gasteiger partial charge in [-0.2, -0.15) is 13.2 Å². The largest absolute Gasteiger partial charge is 0.482 e. The van der Waals surface area contributed by atoms with Gasteiger partial charge in [0.15, 0.2) is 6.61 Å². The lowest BCUT2D eigenvalue weighted by Gasteiger charge is -2.34. The van der Waals surface area contributed by atoms with E-state index in [9.17, 15) is 22.8 Å². The number of aliphatic carboxylic acids is 1. The second-order valence-corrected chi connectivity index (χ2v) is 6.11. The molecule has 1 aromatic carbocycles. The number of alkyl halides is 3. The van der Waals surface area contributed by atoms with Gasteiger partial charge in [-0.05, 0) is 24.5 Å². The number of carboxylic acid groups (broad SMARTS) is 1. The number of nitrogens with one attached hydrogen (secondary N) is 1. The van der Waals surface area contributed by atoms with Crippen LogP contribution in [0.15, 0.2) is 24.3 Å². The number of benzene rings is 1. The lowest BCUT2D eigenvalue weighted by molar-refractivity contribution is -0.153. The Hall–Kier alpha value is -2.45. The van der Waals surface area contributed by atoms with E-state index in [1.807, 2.05) is 6.92 Å². The highest BCUT2D eigenvalue weighted by Crippen LogP contribution is 2.28. The summed E-state index contributed by atoms with van der Waals surface area (Å²) in [6.07, 6.45) is -4.02. The summed E-state index contributed by atoms with van der Waals surface area (Å²) in [7, 11) is 0. The smallest absolute Gasteiger partial charge is 0.422 e. The summed E-state index contributed by atoms with van der Waals surface area (Å²) in [5.41, 5.74) is 0.0989. The van der Waals surface area contributed by atoms with Crippen LogP contribution in [0.4, 0.5) is 23.7 Å². The molecule has 2 N–H and O–H groups in total. The van der Waals surface area contributed by atoms with Gasteiger partial charge in [0.2, 0.25) is 0 Å².